The monoisotopic (exact) mass is 316 g/mol. The number of carbonyl (C=O) groups excluding carboxylic acids is 1. The molecule has 3 N–H and O–H groups in total. The van der Waals surface area contributed by atoms with E-state index in [0.717, 1.165) is 6.42 Å². The van der Waals surface area contributed by atoms with Gasteiger partial charge in [0.15, 0.2) is 0 Å². The summed E-state index contributed by atoms with van der Waals surface area (Å²) in [6.45, 7) is 4.18. The lowest BCUT2D eigenvalue weighted by Gasteiger charge is -2.08. The summed E-state index contributed by atoms with van der Waals surface area (Å²) in [6, 6.07) is 4.91. The number of nitrogens with two attached hydrogens (primary N) is 1. The Kier molecular flexibility index (Phi) is 7.02. The van der Waals surface area contributed by atoms with Crippen LogP contribution in [0.3, 0.4) is 0 Å². The highest BCUT2D eigenvalue weighted by atomic mass is 35.5. The van der Waals surface area contributed by atoms with Crippen molar-refractivity contribution in [1.29, 1.82) is 0 Å². The molecule has 1 aromatic rings. The van der Waals surface area contributed by atoms with E-state index in [9.17, 15) is 9.00 Å². The van der Waals surface area contributed by atoms with Crippen LogP contribution < -0.4 is 11.1 Å². The van der Waals surface area contributed by atoms with Crippen molar-refractivity contribution in [2.45, 2.75) is 26.7 Å². The Balaban J connectivity index is 2.38. The molecule has 4 nitrogen and oxygen atoms in total. The molecule has 0 saturated carbocycles. The number of halogens is 1. The van der Waals surface area contributed by atoms with E-state index in [1.54, 1.807) is 18.2 Å². The maximum atomic E-state index is 11.8. The Bertz CT molecular complexity index is 492. The van der Waals surface area contributed by atoms with Crippen LogP contribution in [-0.2, 0) is 15.6 Å². The van der Waals surface area contributed by atoms with Gasteiger partial charge < -0.3 is 11.1 Å². The fourth-order valence-electron chi connectivity index (χ4n) is 1.52. The van der Waals surface area contributed by atoms with Gasteiger partial charge in [0, 0.05) is 34.4 Å². The highest BCUT2D eigenvalue weighted by Gasteiger charge is 2.09. The van der Waals surface area contributed by atoms with Crippen LogP contribution in [0.25, 0.3) is 0 Å². The predicted molar refractivity (Wildman–Crippen MR) is 86.4 cm³/mol. The van der Waals surface area contributed by atoms with Crippen molar-refractivity contribution >= 4 is 39.7 Å². The molecule has 0 heterocycles. The molecule has 0 aliphatic heterocycles. The fraction of sp³-hybridized carbons (Fsp3) is 0.500. The highest BCUT2D eigenvalue weighted by Crippen LogP contribution is 2.24. The summed E-state index contributed by atoms with van der Waals surface area (Å²) in [4.78, 5) is 11.8. The van der Waals surface area contributed by atoms with Gasteiger partial charge in [-0.2, -0.15) is 0 Å². The molecule has 0 radical (unpaired) electrons. The van der Waals surface area contributed by atoms with Gasteiger partial charge in [0.2, 0.25) is 5.91 Å². The molecule has 6 heteroatoms. The van der Waals surface area contributed by atoms with Crippen LogP contribution in [0.1, 0.15) is 26.7 Å². The average Bonchev–Trinajstić information content (AvgIpc) is 2.37. The van der Waals surface area contributed by atoms with Crippen LogP contribution in [0.5, 0.6) is 0 Å². The smallest absolute Gasteiger partial charge is 0.225 e. The number of nitrogens with one attached hydrogen (secondary N) is 1. The molecule has 0 bridgehead atoms. The second kappa shape index (κ2) is 8.27. The summed E-state index contributed by atoms with van der Waals surface area (Å²) >= 11 is 5.97. The van der Waals surface area contributed by atoms with Crippen LogP contribution >= 0.6 is 11.6 Å². The van der Waals surface area contributed by atoms with Crippen molar-refractivity contribution in [3.8, 4) is 0 Å². The number of benzene rings is 1. The topological polar surface area (TPSA) is 72.2 Å². The fourth-order valence-corrected chi connectivity index (χ4v) is 3.11. The lowest BCUT2D eigenvalue weighted by Crippen LogP contribution is -2.16. The first kappa shape index (κ1) is 17.0. The second-order valence-electron chi connectivity index (χ2n) is 5.07. The third-order valence-corrected chi connectivity index (χ3v) is 4.41. The van der Waals surface area contributed by atoms with Gasteiger partial charge in [0.1, 0.15) is 0 Å². The van der Waals surface area contributed by atoms with E-state index in [4.69, 9.17) is 17.3 Å². The average molecular weight is 317 g/mol. The number of rotatable bonds is 7. The van der Waals surface area contributed by atoms with Crippen LogP contribution in [0, 0.1) is 5.92 Å². The first-order valence-electron chi connectivity index (χ1n) is 6.58. The molecule has 0 spiro atoms. The maximum Gasteiger partial charge on any atom is 0.225 e. The third-order valence-electron chi connectivity index (χ3n) is 2.75. The molecule has 1 aromatic carbocycles. The molecule has 0 aliphatic carbocycles. The Morgan fingerprint density at radius 2 is 2.10 bits per heavy atom. The summed E-state index contributed by atoms with van der Waals surface area (Å²) in [5.41, 5.74) is 6.65. The van der Waals surface area contributed by atoms with Gasteiger partial charge in [0.05, 0.1) is 10.7 Å². The van der Waals surface area contributed by atoms with Gasteiger partial charge in [-0.25, -0.2) is 0 Å². The minimum atomic E-state index is -0.942. The molecule has 0 fully saturated rings. The molecule has 0 saturated heterocycles. The lowest BCUT2D eigenvalue weighted by atomic mass is 10.2. The number of hydrogen-bond donors (Lipinski definition) is 2. The first-order chi connectivity index (χ1) is 9.38. The summed E-state index contributed by atoms with van der Waals surface area (Å²) < 4.78 is 11.7. The molecular formula is C14H21ClN2O2S. The molecule has 1 rings (SSSR count). The Morgan fingerprint density at radius 1 is 1.40 bits per heavy atom. The van der Waals surface area contributed by atoms with Crippen molar-refractivity contribution in [3.63, 3.8) is 0 Å². The number of hydrogen-bond acceptors (Lipinski definition) is 3. The van der Waals surface area contributed by atoms with E-state index in [1.807, 2.05) is 0 Å². The molecule has 0 aromatic heterocycles. The minimum Gasteiger partial charge on any atom is -0.399 e. The second-order valence-corrected chi connectivity index (χ2v) is 7.17. The number of amides is 1. The molecule has 1 amide bonds. The van der Waals surface area contributed by atoms with E-state index in [1.165, 1.54) is 0 Å². The predicted octanol–water partition coefficient (Wildman–Crippen LogP) is 3.05. The summed E-state index contributed by atoms with van der Waals surface area (Å²) in [5.74, 6) is 1.37. The lowest BCUT2D eigenvalue weighted by molar-refractivity contribution is -0.115. The van der Waals surface area contributed by atoms with E-state index in [-0.39, 0.29) is 12.3 Å². The zero-order valence-corrected chi connectivity index (χ0v) is 13.4. The van der Waals surface area contributed by atoms with Gasteiger partial charge in [-0.1, -0.05) is 25.4 Å². The summed E-state index contributed by atoms with van der Waals surface area (Å²) in [6.07, 6.45) is 1.14. The summed E-state index contributed by atoms with van der Waals surface area (Å²) in [5, 5.41) is 3.10. The molecule has 1 atom stereocenters. The molecule has 0 aliphatic rings. The highest BCUT2D eigenvalue weighted by molar-refractivity contribution is 7.84. The van der Waals surface area contributed by atoms with Crippen LogP contribution in [0.15, 0.2) is 18.2 Å². The van der Waals surface area contributed by atoms with Crippen LogP contribution in [0.4, 0.5) is 11.4 Å². The molecule has 20 heavy (non-hydrogen) atoms. The van der Waals surface area contributed by atoms with E-state index in [2.05, 4.69) is 19.2 Å². The van der Waals surface area contributed by atoms with Gasteiger partial charge in [-0.3, -0.25) is 9.00 Å². The zero-order valence-electron chi connectivity index (χ0n) is 11.8. The van der Waals surface area contributed by atoms with E-state index in [0.29, 0.717) is 33.8 Å². The summed E-state index contributed by atoms with van der Waals surface area (Å²) in [7, 11) is -0.942. The molecular weight excluding hydrogens is 296 g/mol. The van der Waals surface area contributed by atoms with Gasteiger partial charge >= 0.3 is 0 Å². The normalized spacial score (nSPS) is 12.4. The van der Waals surface area contributed by atoms with Crippen molar-refractivity contribution < 1.29 is 9.00 Å². The SMILES string of the molecule is CC(C)CCS(=O)CCC(=O)Nc1ccc(N)cc1Cl. The zero-order chi connectivity index (χ0) is 15.1. The third kappa shape index (κ3) is 6.39. The van der Waals surface area contributed by atoms with Crippen molar-refractivity contribution in [1.82, 2.24) is 0 Å². The number of anilines is 2. The van der Waals surface area contributed by atoms with E-state index < -0.39 is 10.8 Å². The first-order valence-corrected chi connectivity index (χ1v) is 8.45. The van der Waals surface area contributed by atoms with Gasteiger partial charge in [-0.15, -0.1) is 0 Å². The van der Waals surface area contributed by atoms with Crippen molar-refractivity contribution in [2.75, 3.05) is 22.6 Å². The van der Waals surface area contributed by atoms with Crippen LogP contribution in [-0.4, -0.2) is 21.6 Å². The van der Waals surface area contributed by atoms with E-state index >= 15 is 0 Å². The Hall–Kier alpha value is -1.07. The standard InChI is InChI=1S/C14H21ClN2O2S/c1-10(2)5-7-20(19)8-6-14(18)17-13-4-3-11(16)9-12(13)15/h3-4,9-10H,5-8,16H2,1-2H3,(H,17,18). The Morgan fingerprint density at radius 3 is 2.70 bits per heavy atom. The number of carbonyl (C=O) groups is 1. The van der Waals surface area contributed by atoms with Gasteiger partial charge in [0.25, 0.3) is 0 Å². The molecule has 1 unspecified atom stereocenters. The van der Waals surface area contributed by atoms with Gasteiger partial charge in [-0.05, 0) is 30.5 Å². The number of nitrogen functional groups attached to an aromatic ring is 1. The minimum absolute atomic E-state index is 0.186. The molecule has 112 valence electrons. The van der Waals surface area contributed by atoms with Crippen molar-refractivity contribution in [3.05, 3.63) is 23.2 Å². The maximum absolute atomic E-state index is 11.8. The Labute approximate surface area is 127 Å². The van der Waals surface area contributed by atoms with Crippen molar-refractivity contribution in [2.24, 2.45) is 5.92 Å². The van der Waals surface area contributed by atoms with Crippen LogP contribution in [0.2, 0.25) is 5.02 Å². The quantitative estimate of drug-likeness (QED) is 0.759. The largest absolute Gasteiger partial charge is 0.399 e.